The fraction of sp³-hybridized carbons (Fsp3) is 0. The van der Waals surface area contributed by atoms with Gasteiger partial charge in [-0.15, -0.1) is 0 Å². The third-order valence-electron chi connectivity index (χ3n) is 2.40. The molecular weight excluding hydrogens is 276 g/mol. The second-order valence-corrected chi connectivity index (χ2v) is 4.10. The quantitative estimate of drug-likeness (QED) is 0.828. The molecule has 98 valence electrons. The number of hydrogen-bond donors (Lipinski definition) is 2. The molecule has 0 aliphatic rings. The number of amides is 1. The molecule has 2 N–H and O–H groups in total. The van der Waals surface area contributed by atoms with E-state index in [1.165, 1.54) is 18.2 Å². The van der Waals surface area contributed by atoms with Gasteiger partial charge in [0.15, 0.2) is 11.6 Å². The van der Waals surface area contributed by atoms with E-state index in [0.29, 0.717) is 0 Å². The van der Waals surface area contributed by atoms with Crippen LogP contribution in [0.5, 0.6) is 5.75 Å². The lowest BCUT2D eigenvalue weighted by molar-refractivity contribution is 0.102. The topological polar surface area (TPSA) is 49.3 Å². The van der Waals surface area contributed by atoms with Gasteiger partial charge >= 0.3 is 0 Å². The maximum Gasteiger partial charge on any atom is 0.257 e. The number of nitrogens with one attached hydrogen (secondary N) is 1. The minimum atomic E-state index is -0.872. The third kappa shape index (κ3) is 2.82. The van der Waals surface area contributed by atoms with E-state index in [1.807, 2.05) is 0 Å². The van der Waals surface area contributed by atoms with Crippen molar-refractivity contribution < 1.29 is 18.7 Å². The van der Waals surface area contributed by atoms with Gasteiger partial charge in [-0.1, -0.05) is 17.7 Å². The van der Waals surface area contributed by atoms with Crippen molar-refractivity contribution in [2.75, 3.05) is 5.32 Å². The van der Waals surface area contributed by atoms with Crippen molar-refractivity contribution in [2.24, 2.45) is 0 Å². The molecule has 0 bridgehead atoms. The fourth-order valence-electron chi connectivity index (χ4n) is 1.46. The molecular formula is C13H8ClF2NO2. The van der Waals surface area contributed by atoms with Gasteiger partial charge in [-0.2, -0.15) is 0 Å². The first kappa shape index (κ1) is 13.3. The molecule has 2 rings (SSSR count). The number of anilines is 1. The summed E-state index contributed by atoms with van der Waals surface area (Å²) in [5.41, 5.74) is 0.0655. The first-order valence-electron chi connectivity index (χ1n) is 5.23. The van der Waals surface area contributed by atoms with E-state index in [1.54, 1.807) is 0 Å². The van der Waals surface area contributed by atoms with Crippen LogP contribution in [-0.2, 0) is 0 Å². The molecule has 0 spiro atoms. The largest absolute Gasteiger partial charge is 0.505 e. The van der Waals surface area contributed by atoms with Crippen molar-refractivity contribution in [3.63, 3.8) is 0 Å². The molecule has 0 aromatic heterocycles. The van der Waals surface area contributed by atoms with E-state index in [2.05, 4.69) is 5.32 Å². The molecule has 0 unspecified atom stereocenters. The van der Waals surface area contributed by atoms with Gasteiger partial charge in [-0.25, -0.2) is 8.78 Å². The molecule has 3 nitrogen and oxygen atoms in total. The Morgan fingerprint density at radius 2 is 1.89 bits per heavy atom. The maximum absolute atomic E-state index is 13.2. The molecule has 0 radical (unpaired) electrons. The summed E-state index contributed by atoms with van der Waals surface area (Å²) in [5, 5.41) is 11.1. The molecule has 0 saturated carbocycles. The summed E-state index contributed by atoms with van der Waals surface area (Å²) >= 11 is 5.66. The monoisotopic (exact) mass is 283 g/mol. The Kier molecular flexibility index (Phi) is 3.66. The highest BCUT2D eigenvalue weighted by Gasteiger charge is 2.14. The first-order valence-corrected chi connectivity index (χ1v) is 5.60. The Morgan fingerprint density at radius 1 is 1.16 bits per heavy atom. The van der Waals surface area contributed by atoms with Gasteiger partial charge in [0, 0.05) is 11.8 Å². The van der Waals surface area contributed by atoms with Crippen molar-refractivity contribution in [1.82, 2.24) is 0 Å². The minimum Gasteiger partial charge on any atom is -0.505 e. The second kappa shape index (κ2) is 5.24. The predicted molar refractivity (Wildman–Crippen MR) is 67.4 cm³/mol. The SMILES string of the molecule is O=C(Nc1ccc(O)c(F)c1)c1cccc(F)c1Cl. The van der Waals surface area contributed by atoms with Crippen LogP contribution in [0.25, 0.3) is 0 Å². The Morgan fingerprint density at radius 3 is 2.58 bits per heavy atom. The van der Waals surface area contributed by atoms with E-state index in [0.717, 1.165) is 18.2 Å². The lowest BCUT2D eigenvalue weighted by Gasteiger charge is -2.07. The van der Waals surface area contributed by atoms with Crippen molar-refractivity contribution in [3.05, 3.63) is 58.6 Å². The Hall–Kier alpha value is -2.14. The van der Waals surface area contributed by atoms with E-state index in [4.69, 9.17) is 16.7 Å². The van der Waals surface area contributed by atoms with Gasteiger partial charge in [-0.3, -0.25) is 4.79 Å². The van der Waals surface area contributed by atoms with Crippen LogP contribution in [0, 0.1) is 11.6 Å². The highest BCUT2D eigenvalue weighted by Crippen LogP contribution is 2.23. The number of phenolic OH excluding ortho intramolecular Hbond substituents is 1. The Bertz CT molecular complexity index is 647. The number of halogens is 3. The summed E-state index contributed by atoms with van der Waals surface area (Å²) in [4.78, 5) is 11.8. The summed E-state index contributed by atoms with van der Waals surface area (Å²) < 4.78 is 26.3. The summed E-state index contributed by atoms with van der Waals surface area (Å²) in [7, 11) is 0. The number of rotatable bonds is 2. The molecule has 0 aliphatic heterocycles. The zero-order chi connectivity index (χ0) is 14.0. The summed E-state index contributed by atoms with van der Waals surface area (Å²) in [5.74, 6) is -2.79. The van der Waals surface area contributed by atoms with Crippen LogP contribution in [0.4, 0.5) is 14.5 Å². The molecule has 0 fully saturated rings. The van der Waals surface area contributed by atoms with Crippen LogP contribution in [0.1, 0.15) is 10.4 Å². The molecule has 0 saturated heterocycles. The maximum atomic E-state index is 13.2. The Balaban J connectivity index is 2.26. The standard InChI is InChI=1S/C13H8ClF2NO2/c14-12-8(2-1-3-9(12)15)13(19)17-7-4-5-11(18)10(16)6-7/h1-6,18H,(H,17,19). The van der Waals surface area contributed by atoms with Gasteiger partial charge in [0.2, 0.25) is 0 Å². The normalized spacial score (nSPS) is 10.3. The number of aromatic hydroxyl groups is 1. The van der Waals surface area contributed by atoms with Crippen LogP contribution in [0.2, 0.25) is 5.02 Å². The Labute approximate surface area is 112 Å². The van der Waals surface area contributed by atoms with Crippen LogP contribution in [0.3, 0.4) is 0 Å². The van der Waals surface area contributed by atoms with E-state index in [-0.39, 0.29) is 16.3 Å². The second-order valence-electron chi connectivity index (χ2n) is 3.72. The molecule has 0 heterocycles. The van der Waals surface area contributed by atoms with Crippen LogP contribution in [0.15, 0.2) is 36.4 Å². The van der Waals surface area contributed by atoms with E-state index < -0.39 is 23.3 Å². The highest BCUT2D eigenvalue weighted by molar-refractivity contribution is 6.34. The molecule has 0 aliphatic carbocycles. The number of hydrogen-bond acceptors (Lipinski definition) is 2. The lowest BCUT2D eigenvalue weighted by Crippen LogP contribution is -2.13. The molecule has 1 amide bonds. The van der Waals surface area contributed by atoms with Crippen LogP contribution < -0.4 is 5.32 Å². The minimum absolute atomic E-state index is 0.0600. The van der Waals surface area contributed by atoms with Crippen LogP contribution in [-0.4, -0.2) is 11.0 Å². The number of benzene rings is 2. The van der Waals surface area contributed by atoms with Crippen molar-refractivity contribution >= 4 is 23.2 Å². The third-order valence-corrected chi connectivity index (χ3v) is 2.79. The number of carbonyl (C=O) groups is 1. The average molecular weight is 284 g/mol. The average Bonchev–Trinajstić information content (AvgIpc) is 2.37. The molecule has 19 heavy (non-hydrogen) atoms. The highest BCUT2D eigenvalue weighted by atomic mass is 35.5. The van der Waals surface area contributed by atoms with Gasteiger partial charge in [0.25, 0.3) is 5.91 Å². The molecule has 6 heteroatoms. The molecule has 2 aromatic carbocycles. The van der Waals surface area contributed by atoms with Gasteiger partial charge < -0.3 is 10.4 Å². The predicted octanol–water partition coefficient (Wildman–Crippen LogP) is 3.58. The lowest BCUT2D eigenvalue weighted by atomic mass is 10.2. The first-order chi connectivity index (χ1) is 8.99. The van der Waals surface area contributed by atoms with E-state index in [9.17, 15) is 13.6 Å². The van der Waals surface area contributed by atoms with Crippen molar-refractivity contribution in [1.29, 1.82) is 0 Å². The zero-order valence-electron chi connectivity index (χ0n) is 9.45. The van der Waals surface area contributed by atoms with E-state index >= 15 is 0 Å². The molecule has 2 aromatic rings. The fourth-order valence-corrected chi connectivity index (χ4v) is 1.67. The van der Waals surface area contributed by atoms with Gasteiger partial charge in [0.05, 0.1) is 10.6 Å². The van der Waals surface area contributed by atoms with Gasteiger partial charge in [0.1, 0.15) is 5.82 Å². The van der Waals surface area contributed by atoms with Crippen molar-refractivity contribution in [2.45, 2.75) is 0 Å². The summed E-state index contributed by atoms with van der Waals surface area (Å²) in [6, 6.07) is 7.16. The molecule has 0 atom stereocenters. The smallest absolute Gasteiger partial charge is 0.257 e. The van der Waals surface area contributed by atoms with Gasteiger partial charge in [-0.05, 0) is 24.3 Å². The summed E-state index contributed by atoms with van der Waals surface area (Å²) in [6.07, 6.45) is 0. The van der Waals surface area contributed by atoms with Crippen molar-refractivity contribution in [3.8, 4) is 5.75 Å². The zero-order valence-corrected chi connectivity index (χ0v) is 10.2. The van der Waals surface area contributed by atoms with Crippen LogP contribution >= 0.6 is 11.6 Å². The number of phenols is 1. The summed E-state index contributed by atoms with van der Waals surface area (Å²) in [6.45, 7) is 0. The number of carbonyl (C=O) groups excluding carboxylic acids is 1.